The summed E-state index contributed by atoms with van der Waals surface area (Å²) in [7, 11) is 0. The lowest BCUT2D eigenvalue weighted by atomic mass is 9.92. The van der Waals surface area contributed by atoms with Gasteiger partial charge in [-0.1, -0.05) is 20.8 Å². The molecule has 0 aliphatic carbocycles. The molecule has 0 amide bonds. The van der Waals surface area contributed by atoms with Gasteiger partial charge in [0.05, 0.1) is 13.0 Å². The summed E-state index contributed by atoms with van der Waals surface area (Å²) in [4.78, 5) is 12.4. The highest BCUT2D eigenvalue weighted by molar-refractivity contribution is 5.70. The number of rotatable bonds is 3. The third kappa shape index (κ3) is 4.34. The van der Waals surface area contributed by atoms with Gasteiger partial charge in [-0.3, -0.25) is 4.79 Å². The highest BCUT2D eigenvalue weighted by atomic mass is 16.8. The zero-order valence-electron chi connectivity index (χ0n) is 16.2. The Kier molecular flexibility index (Phi) is 4.70. The molecule has 0 bridgehead atoms. The Labute approximate surface area is 149 Å². The molecule has 7 nitrogen and oxygen atoms in total. The molecule has 0 saturated carbocycles. The summed E-state index contributed by atoms with van der Waals surface area (Å²) in [6.45, 7) is 13.7. The molecule has 0 aromatic rings. The normalized spacial score (nSPS) is 39.4. The van der Waals surface area contributed by atoms with Crippen LogP contribution in [0.5, 0.6) is 0 Å². The molecule has 144 valence electrons. The highest BCUT2D eigenvalue weighted by Gasteiger charge is 2.60. The zero-order chi connectivity index (χ0) is 18.6. The Morgan fingerprint density at radius 1 is 1.04 bits per heavy atom. The lowest BCUT2D eigenvalue weighted by Crippen LogP contribution is -2.45. The monoisotopic (exact) mass is 358 g/mol. The fourth-order valence-corrected chi connectivity index (χ4v) is 3.44. The second kappa shape index (κ2) is 6.16. The first kappa shape index (κ1) is 19.0. The van der Waals surface area contributed by atoms with Crippen molar-refractivity contribution in [3.05, 3.63) is 0 Å². The minimum Gasteiger partial charge on any atom is -0.456 e. The fraction of sp³-hybridized carbons (Fsp3) is 0.944. The number of carbonyl (C=O) groups excluding carboxylic acids is 1. The van der Waals surface area contributed by atoms with Gasteiger partial charge in [0.25, 0.3) is 0 Å². The fourth-order valence-electron chi connectivity index (χ4n) is 3.44. The third-order valence-corrected chi connectivity index (χ3v) is 4.37. The van der Waals surface area contributed by atoms with Gasteiger partial charge in [-0.25, -0.2) is 0 Å². The Balaban J connectivity index is 1.74. The van der Waals surface area contributed by atoms with E-state index in [1.165, 1.54) is 0 Å². The molecular weight excluding hydrogens is 328 g/mol. The van der Waals surface area contributed by atoms with E-state index in [0.29, 0.717) is 13.0 Å². The minimum absolute atomic E-state index is 0.160. The van der Waals surface area contributed by atoms with E-state index in [0.717, 1.165) is 0 Å². The van der Waals surface area contributed by atoms with Crippen LogP contribution in [0.25, 0.3) is 0 Å². The molecule has 3 aliphatic heterocycles. The number of hydrogen-bond donors (Lipinski definition) is 0. The number of carbonyl (C=O) groups is 1. The van der Waals surface area contributed by atoms with Crippen molar-refractivity contribution in [1.82, 2.24) is 0 Å². The van der Waals surface area contributed by atoms with E-state index in [2.05, 4.69) is 0 Å². The molecule has 0 radical (unpaired) electrons. The SMILES string of the molecule is CC(C)(C)CC(=O)O[C@@H]1[C@H]2OC(C)(C)O[C@H]2O[C@@H]1[C@H]1COC(C)(C)O1. The molecule has 0 unspecified atom stereocenters. The first-order valence-corrected chi connectivity index (χ1v) is 8.88. The molecule has 3 fully saturated rings. The van der Waals surface area contributed by atoms with E-state index in [1.807, 2.05) is 48.5 Å². The van der Waals surface area contributed by atoms with Gasteiger partial charge < -0.3 is 28.4 Å². The molecule has 0 spiro atoms. The minimum atomic E-state index is -0.776. The molecule has 3 heterocycles. The van der Waals surface area contributed by atoms with Gasteiger partial charge in [0, 0.05) is 0 Å². The number of fused-ring (bicyclic) bond motifs is 1. The Bertz CT molecular complexity index is 522. The third-order valence-electron chi connectivity index (χ3n) is 4.37. The predicted molar refractivity (Wildman–Crippen MR) is 87.6 cm³/mol. The number of esters is 1. The van der Waals surface area contributed by atoms with Crippen molar-refractivity contribution in [2.45, 2.75) is 97.2 Å². The predicted octanol–water partition coefficient (Wildman–Crippen LogP) is 2.36. The van der Waals surface area contributed by atoms with Crippen molar-refractivity contribution >= 4 is 5.97 Å². The summed E-state index contributed by atoms with van der Waals surface area (Å²) in [5.74, 6) is -1.74. The summed E-state index contributed by atoms with van der Waals surface area (Å²) in [5.41, 5.74) is -0.160. The van der Waals surface area contributed by atoms with Crippen molar-refractivity contribution in [2.75, 3.05) is 6.61 Å². The molecule has 0 aromatic heterocycles. The van der Waals surface area contributed by atoms with E-state index in [-0.39, 0.29) is 17.5 Å². The van der Waals surface area contributed by atoms with Crippen LogP contribution in [-0.4, -0.2) is 54.9 Å². The lowest BCUT2D eigenvalue weighted by molar-refractivity contribution is -0.235. The molecule has 3 saturated heterocycles. The first-order valence-electron chi connectivity index (χ1n) is 8.88. The van der Waals surface area contributed by atoms with Crippen molar-refractivity contribution in [1.29, 1.82) is 0 Å². The first-order chi connectivity index (χ1) is 11.4. The Morgan fingerprint density at radius 3 is 2.28 bits per heavy atom. The maximum absolute atomic E-state index is 12.4. The quantitative estimate of drug-likeness (QED) is 0.717. The maximum atomic E-state index is 12.4. The molecule has 0 N–H and O–H groups in total. The molecule has 5 atom stereocenters. The maximum Gasteiger partial charge on any atom is 0.306 e. The average molecular weight is 358 g/mol. The van der Waals surface area contributed by atoms with Gasteiger partial charge >= 0.3 is 5.97 Å². The Morgan fingerprint density at radius 2 is 1.72 bits per heavy atom. The van der Waals surface area contributed by atoms with Crippen LogP contribution in [0.2, 0.25) is 0 Å². The van der Waals surface area contributed by atoms with Gasteiger partial charge in [0.15, 0.2) is 30.1 Å². The van der Waals surface area contributed by atoms with E-state index in [4.69, 9.17) is 28.4 Å². The van der Waals surface area contributed by atoms with Crippen LogP contribution in [0.3, 0.4) is 0 Å². The van der Waals surface area contributed by atoms with Crippen LogP contribution in [-0.2, 0) is 33.2 Å². The lowest BCUT2D eigenvalue weighted by Gasteiger charge is -2.29. The highest BCUT2D eigenvalue weighted by Crippen LogP contribution is 2.42. The summed E-state index contributed by atoms with van der Waals surface area (Å²) < 4.78 is 35.1. The number of hydrogen-bond acceptors (Lipinski definition) is 7. The summed E-state index contributed by atoms with van der Waals surface area (Å²) in [6.07, 6.45) is -2.17. The van der Waals surface area contributed by atoms with Crippen LogP contribution in [0.1, 0.15) is 54.9 Å². The van der Waals surface area contributed by atoms with Crippen molar-refractivity contribution in [3.8, 4) is 0 Å². The van der Waals surface area contributed by atoms with Crippen LogP contribution < -0.4 is 0 Å². The smallest absolute Gasteiger partial charge is 0.306 e. The van der Waals surface area contributed by atoms with Gasteiger partial charge in [-0.05, 0) is 33.1 Å². The summed E-state index contributed by atoms with van der Waals surface area (Å²) in [5, 5.41) is 0. The van der Waals surface area contributed by atoms with E-state index in [1.54, 1.807) is 0 Å². The van der Waals surface area contributed by atoms with Gasteiger partial charge in [-0.2, -0.15) is 0 Å². The average Bonchev–Trinajstić information content (AvgIpc) is 2.99. The van der Waals surface area contributed by atoms with Crippen LogP contribution in [0.15, 0.2) is 0 Å². The molecule has 25 heavy (non-hydrogen) atoms. The standard InChI is InChI=1S/C18H30O7/c1-16(2,3)8-11(19)21-13-12(10-9-20-17(4,5)23-10)22-15-14(13)24-18(6,7)25-15/h10,12-15H,8-9H2,1-7H3/t10-,12-,13+,14-,15-/m1/s1. The summed E-state index contributed by atoms with van der Waals surface area (Å²) >= 11 is 0. The number of ether oxygens (including phenoxy) is 6. The zero-order valence-corrected chi connectivity index (χ0v) is 16.2. The van der Waals surface area contributed by atoms with Gasteiger partial charge in [0.1, 0.15) is 12.2 Å². The van der Waals surface area contributed by atoms with Gasteiger partial charge in [0.2, 0.25) is 0 Å². The summed E-state index contributed by atoms with van der Waals surface area (Å²) in [6, 6.07) is 0. The topological polar surface area (TPSA) is 72.5 Å². The van der Waals surface area contributed by atoms with Crippen LogP contribution >= 0.6 is 0 Å². The van der Waals surface area contributed by atoms with E-state index in [9.17, 15) is 4.79 Å². The van der Waals surface area contributed by atoms with E-state index >= 15 is 0 Å². The van der Waals surface area contributed by atoms with Crippen molar-refractivity contribution < 1.29 is 33.2 Å². The molecular formula is C18H30O7. The van der Waals surface area contributed by atoms with Crippen molar-refractivity contribution in [3.63, 3.8) is 0 Å². The Hall–Kier alpha value is -0.730. The molecule has 3 aliphatic rings. The van der Waals surface area contributed by atoms with Gasteiger partial charge in [-0.15, -0.1) is 0 Å². The van der Waals surface area contributed by atoms with E-state index < -0.39 is 36.2 Å². The molecule has 3 rings (SSSR count). The van der Waals surface area contributed by atoms with Crippen molar-refractivity contribution in [2.24, 2.45) is 5.41 Å². The second-order valence-corrected chi connectivity index (χ2v) is 9.13. The molecule has 7 heteroatoms. The largest absolute Gasteiger partial charge is 0.456 e. The second-order valence-electron chi connectivity index (χ2n) is 9.13. The van der Waals surface area contributed by atoms with Crippen LogP contribution in [0.4, 0.5) is 0 Å². The molecule has 0 aromatic carbocycles. The van der Waals surface area contributed by atoms with Crippen LogP contribution in [0, 0.1) is 5.41 Å².